The number of hydrogen-bond donors (Lipinski definition) is 1. The zero-order valence-electron chi connectivity index (χ0n) is 10.6. The van der Waals surface area contributed by atoms with Gasteiger partial charge in [-0.25, -0.2) is 0 Å². The van der Waals surface area contributed by atoms with E-state index >= 15 is 0 Å². The summed E-state index contributed by atoms with van der Waals surface area (Å²) in [6, 6.07) is 8.19. The van der Waals surface area contributed by atoms with Crippen LogP contribution < -0.4 is 0 Å². The molecule has 0 radical (unpaired) electrons. The van der Waals surface area contributed by atoms with Crippen molar-refractivity contribution >= 4 is 6.21 Å². The highest BCUT2D eigenvalue weighted by Gasteiger charge is 2.39. The summed E-state index contributed by atoms with van der Waals surface area (Å²) in [7, 11) is 0. The van der Waals surface area contributed by atoms with Crippen molar-refractivity contribution < 1.29 is 14.7 Å². The summed E-state index contributed by atoms with van der Waals surface area (Å²) in [6.45, 7) is 3.69. The fourth-order valence-electron chi connectivity index (χ4n) is 1.72. The van der Waals surface area contributed by atoms with Crippen LogP contribution in [0.5, 0.6) is 0 Å². The van der Waals surface area contributed by atoms with E-state index in [2.05, 4.69) is 24.2 Å². The Bertz CT molecular complexity index is 390. The van der Waals surface area contributed by atoms with Gasteiger partial charge in [-0.15, -0.1) is 0 Å². The minimum absolute atomic E-state index is 0.0771. The number of rotatable bonds is 6. The molecule has 0 aliphatic carbocycles. The van der Waals surface area contributed by atoms with E-state index in [-0.39, 0.29) is 12.0 Å². The highest BCUT2D eigenvalue weighted by Crippen LogP contribution is 2.26. The van der Waals surface area contributed by atoms with Gasteiger partial charge < -0.3 is 14.7 Å². The van der Waals surface area contributed by atoms with Gasteiger partial charge in [0.25, 0.3) is 0 Å². The van der Waals surface area contributed by atoms with E-state index < -0.39 is 0 Å². The molecule has 4 nitrogen and oxygen atoms in total. The Balaban J connectivity index is 1.80. The second kappa shape index (κ2) is 5.98. The van der Waals surface area contributed by atoms with Crippen LogP contribution in [0.25, 0.3) is 0 Å². The largest absolute Gasteiger partial charge is 0.395 e. The maximum absolute atomic E-state index is 9.20. The van der Waals surface area contributed by atoms with Crippen LogP contribution in [0.3, 0.4) is 0 Å². The molecule has 0 unspecified atom stereocenters. The second-order valence-electron chi connectivity index (χ2n) is 4.75. The molecule has 1 aromatic rings. The van der Waals surface area contributed by atoms with E-state index in [1.165, 1.54) is 5.56 Å². The van der Waals surface area contributed by atoms with Crippen molar-refractivity contribution in [2.75, 3.05) is 26.4 Å². The van der Waals surface area contributed by atoms with Crippen molar-refractivity contribution in [3.05, 3.63) is 35.4 Å². The molecule has 1 saturated heterocycles. The smallest absolute Gasteiger partial charge is 0.129 e. The number of aliphatic hydroxyl groups excluding tert-OH is 1. The number of hydrogen-bond acceptors (Lipinski definition) is 4. The average Bonchev–Trinajstić information content (AvgIpc) is 2.38. The number of nitrogens with zero attached hydrogens (tertiary/aromatic N) is 1. The van der Waals surface area contributed by atoms with Gasteiger partial charge in [0.05, 0.1) is 31.5 Å². The van der Waals surface area contributed by atoms with Crippen LogP contribution in [0.15, 0.2) is 29.4 Å². The SMILES string of the molecule is CCc1ccc(/C=N/OCC2(CO)COC2)cc1. The first kappa shape index (κ1) is 13.1. The molecule has 0 aromatic heterocycles. The maximum Gasteiger partial charge on any atom is 0.129 e. The lowest BCUT2D eigenvalue weighted by Crippen LogP contribution is -2.48. The van der Waals surface area contributed by atoms with Crippen molar-refractivity contribution in [2.24, 2.45) is 10.6 Å². The normalized spacial score (nSPS) is 17.7. The van der Waals surface area contributed by atoms with E-state index in [9.17, 15) is 5.11 Å². The van der Waals surface area contributed by atoms with Gasteiger partial charge in [0.15, 0.2) is 0 Å². The molecule has 4 heteroatoms. The molecule has 1 aliphatic rings. The molecule has 0 spiro atoms. The molecule has 2 rings (SSSR count). The monoisotopic (exact) mass is 249 g/mol. The van der Waals surface area contributed by atoms with Crippen molar-refractivity contribution in [1.82, 2.24) is 0 Å². The summed E-state index contributed by atoms with van der Waals surface area (Å²) in [6.07, 6.45) is 2.72. The molecule has 0 bridgehead atoms. The van der Waals surface area contributed by atoms with Gasteiger partial charge in [-0.3, -0.25) is 0 Å². The van der Waals surface area contributed by atoms with Gasteiger partial charge in [-0.1, -0.05) is 36.3 Å². The predicted molar refractivity (Wildman–Crippen MR) is 69.7 cm³/mol. The van der Waals surface area contributed by atoms with Crippen LogP contribution in [-0.4, -0.2) is 37.7 Å². The lowest BCUT2D eigenvalue weighted by Gasteiger charge is -2.38. The van der Waals surface area contributed by atoms with Gasteiger partial charge in [0.2, 0.25) is 0 Å². The molecule has 0 saturated carbocycles. The fourth-order valence-corrected chi connectivity index (χ4v) is 1.72. The number of oxime groups is 1. The van der Waals surface area contributed by atoms with Gasteiger partial charge in [0, 0.05) is 0 Å². The van der Waals surface area contributed by atoms with Crippen LogP contribution in [0.1, 0.15) is 18.1 Å². The Morgan fingerprint density at radius 3 is 2.61 bits per heavy atom. The van der Waals surface area contributed by atoms with Crippen LogP contribution in [-0.2, 0) is 16.0 Å². The van der Waals surface area contributed by atoms with Crippen molar-refractivity contribution in [3.8, 4) is 0 Å². The number of aliphatic hydroxyl groups is 1. The van der Waals surface area contributed by atoms with Gasteiger partial charge >= 0.3 is 0 Å². The number of ether oxygens (including phenoxy) is 1. The number of benzene rings is 1. The van der Waals surface area contributed by atoms with Crippen molar-refractivity contribution in [1.29, 1.82) is 0 Å². The summed E-state index contributed by atoms with van der Waals surface area (Å²) < 4.78 is 5.08. The third kappa shape index (κ3) is 3.09. The summed E-state index contributed by atoms with van der Waals surface area (Å²) in [4.78, 5) is 5.22. The summed E-state index contributed by atoms with van der Waals surface area (Å²) in [5, 5.41) is 13.1. The molecule has 1 heterocycles. The zero-order chi connectivity index (χ0) is 12.8. The van der Waals surface area contributed by atoms with E-state index in [0.717, 1.165) is 12.0 Å². The lowest BCUT2D eigenvalue weighted by molar-refractivity contribution is -0.168. The average molecular weight is 249 g/mol. The van der Waals surface area contributed by atoms with Crippen LogP contribution in [0.2, 0.25) is 0 Å². The van der Waals surface area contributed by atoms with Gasteiger partial charge in [-0.05, 0) is 17.5 Å². The summed E-state index contributed by atoms with van der Waals surface area (Å²) in [5.41, 5.74) is 2.07. The number of aryl methyl sites for hydroxylation is 1. The standard InChI is InChI=1S/C14H19NO3/c1-2-12-3-5-13(6-4-12)7-15-18-11-14(8-16)9-17-10-14/h3-7,16H,2,8-11H2,1H3/b15-7+. The summed E-state index contributed by atoms with van der Waals surface area (Å²) >= 11 is 0. The first-order chi connectivity index (χ1) is 8.78. The summed E-state index contributed by atoms with van der Waals surface area (Å²) in [5.74, 6) is 0. The zero-order valence-corrected chi connectivity index (χ0v) is 10.6. The van der Waals surface area contributed by atoms with Crippen LogP contribution in [0, 0.1) is 5.41 Å². The van der Waals surface area contributed by atoms with Crippen molar-refractivity contribution in [3.63, 3.8) is 0 Å². The quantitative estimate of drug-likeness (QED) is 0.615. The first-order valence-electron chi connectivity index (χ1n) is 6.21. The predicted octanol–water partition coefficient (Wildman–Crippen LogP) is 1.61. The van der Waals surface area contributed by atoms with E-state index in [4.69, 9.17) is 9.57 Å². The fraction of sp³-hybridized carbons (Fsp3) is 0.500. The van der Waals surface area contributed by atoms with Gasteiger partial charge in [-0.2, -0.15) is 0 Å². The third-order valence-corrected chi connectivity index (χ3v) is 3.19. The maximum atomic E-state index is 9.20. The van der Waals surface area contributed by atoms with Crippen LogP contribution in [0.4, 0.5) is 0 Å². The first-order valence-corrected chi connectivity index (χ1v) is 6.21. The molecular formula is C14H19NO3. The Morgan fingerprint density at radius 1 is 1.39 bits per heavy atom. The Morgan fingerprint density at radius 2 is 2.11 bits per heavy atom. The molecule has 1 N–H and O–H groups in total. The third-order valence-electron chi connectivity index (χ3n) is 3.19. The molecular weight excluding hydrogens is 230 g/mol. The molecule has 18 heavy (non-hydrogen) atoms. The Kier molecular flexibility index (Phi) is 4.33. The Hall–Kier alpha value is -1.39. The van der Waals surface area contributed by atoms with Gasteiger partial charge in [0.1, 0.15) is 6.61 Å². The lowest BCUT2D eigenvalue weighted by atomic mass is 9.88. The molecule has 0 amide bonds. The second-order valence-corrected chi connectivity index (χ2v) is 4.75. The van der Waals surface area contributed by atoms with E-state index in [0.29, 0.717) is 19.8 Å². The highest BCUT2D eigenvalue weighted by molar-refractivity contribution is 5.79. The van der Waals surface area contributed by atoms with E-state index in [1.807, 2.05) is 12.1 Å². The topological polar surface area (TPSA) is 51.0 Å². The molecule has 0 atom stereocenters. The van der Waals surface area contributed by atoms with E-state index in [1.54, 1.807) is 6.21 Å². The minimum Gasteiger partial charge on any atom is -0.395 e. The Labute approximate surface area is 107 Å². The van der Waals surface area contributed by atoms with Crippen molar-refractivity contribution in [2.45, 2.75) is 13.3 Å². The molecule has 1 aliphatic heterocycles. The van der Waals surface area contributed by atoms with Crippen LogP contribution >= 0.6 is 0 Å². The minimum atomic E-state index is -0.247. The molecule has 1 fully saturated rings. The highest BCUT2D eigenvalue weighted by atomic mass is 16.6. The molecule has 1 aromatic carbocycles. The molecule has 98 valence electrons.